The van der Waals surface area contributed by atoms with Crippen molar-refractivity contribution in [2.45, 2.75) is 32.7 Å². The molecule has 100 valence electrons. The quantitative estimate of drug-likeness (QED) is 0.832. The Balaban J connectivity index is 2.53. The number of carbonyl (C=O) groups excluding carboxylic acids is 1. The van der Waals surface area contributed by atoms with E-state index >= 15 is 0 Å². The molecule has 0 fully saturated rings. The summed E-state index contributed by atoms with van der Waals surface area (Å²) in [6.45, 7) is 4.69. The normalized spacial score (nSPS) is 12.5. The monoisotopic (exact) mass is 268 g/mol. The van der Waals surface area contributed by atoms with Gasteiger partial charge in [0, 0.05) is 17.6 Å². The zero-order valence-corrected chi connectivity index (χ0v) is 11.7. The average molecular weight is 269 g/mol. The zero-order valence-electron chi connectivity index (χ0n) is 10.9. The van der Waals surface area contributed by atoms with Gasteiger partial charge in [0.2, 0.25) is 5.91 Å². The van der Waals surface area contributed by atoms with Gasteiger partial charge < -0.3 is 11.1 Å². The second kappa shape index (κ2) is 7.39. The molecule has 0 heterocycles. The third-order valence-corrected chi connectivity index (χ3v) is 3.08. The van der Waals surface area contributed by atoms with E-state index in [1.807, 2.05) is 18.2 Å². The van der Waals surface area contributed by atoms with Crippen molar-refractivity contribution in [2.24, 2.45) is 11.7 Å². The Morgan fingerprint density at radius 3 is 2.61 bits per heavy atom. The fourth-order valence-electron chi connectivity index (χ4n) is 1.88. The van der Waals surface area contributed by atoms with E-state index in [9.17, 15) is 4.79 Å². The Bertz CT molecular complexity index is 393. The zero-order chi connectivity index (χ0) is 13.5. The van der Waals surface area contributed by atoms with E-state index in [0.29, 0.717) is 23.9 Å². The Kier molecular flexibility index (Phi) is 6.16. The summed E-state index contributed by atoms with van der Waals surface area (Å²) in [5, 5.41) is 3.58. The number of rotatable bonds is 6. The van der Waals surface area contributed by atoms with E-state index in [-0.39, 0.29) is 11.9 Å². The minimum absolute atomic E-state index is 0.0285. The third-order valence-electron chi connectivity index (χ3n) is 2.71. The maximum Gasteiger partial charge on any atom is 0.224 e. The maximum absolute atomic E-state index is 11.9. The summed E-state index contributed by atoms with van der Waals surface area (Å²) in [5.74, 6) is 0.485. The van der Waals surface area contributed by atoms with Crippen LogP contribution in [0.3, 0.4) is 0 Å². The summed E-state index contributed by atoms with van der Waals surface area (Å²) in [6.07, 6.45) is 1.19. The van der Waals surface area contributed by atoms with Gasteiger partial charge >= 0.3 is 0 Å². The van der Waals surface area contributed by atoms with E-state index in [0.717, 1.165) is 12.0 Å². The molecular formula is C14H21ClN2O. The van der Waals surface area contributed by atoms with Gasteiger partial charge in [-0.25, -0.2) is 0 Å². The van der Waals surface area contributed by atoms with Gasteiger partial charge in [0.05, 0.1) is 6.42 Å². The van der Waals surface area contributed by atoms with Gasteiger partial charge in [0.15, 0.2) is 0 Å². The molecule has 1 amide bonds. The van der Waals surface area contributed by atoms with Crippen LogP contribution in [0.2, 0.25) is 5.02 Å². The first-order chi connectivity index (χ1) is 8.52. The highest BCUT2D eigenvalue weighted by Crippen LogP contribution is 2.15. The average Bonchev–Trinajstić information content (AvgIpc) is 2.30. The van der Waals surface area contributed by atoms with Crippen molar-refractivity contribution in [3.8, 4) is 0 Å². The lowest BCUT2D eigenvalue weighted by Crippen LogP contribution is -2.41. The molecule has 0 aliphatic rings. The van der Waals surface area contributed by atoms with Crippen molar-refractivity contribution in [3.05, 3.63) is 34.9 Å². The molecule has 0 radical (unpaired) electrons. The predicted molar refractivity (Wildman–Crippen MR) is 75.6 cm³/mol. The van der Waals surface area contributed by atoms with Crippen LogP contribution in [0.1, 0.15) is 25.8 Å². The minimum atomic E-state index is -0.0285. The molecule has 0 saturated carbocycles. The Labute approximate surface area is 114 Å². The van der Waals surface area contributed by atoms with Gasteiger partial charge in [-0.1, -0.05) is 43.6 Å². The van der Waals surface area contributed by atoms with E-state index in [1.54, 1.807) is 6.07 Å². The van der Waals surface area contributed by atoms with E-state index in [1.165, 1.54) is 0 Å². The minimum Gasteiger partial charge on any atom is -0.352 e. The molecular weight excluding hydrogens is 248 g/mol. The van der Waals surface area contributed by atoms with Gasteiger partial charge in [0.1, 0.15) is 0 Å². The number of nitrogens with two attached hydrogens (primary N) is 1. The molecule has 0 aliphatic carbocycles. The van der Waals surface area contributed by atoms with Gasteiger partial charge in [-0.05, 0) is 24.0 Å². The Morgan fingerprint density at radius 1 is 1.39 bits per heavy atom. The molecule has 1 unspecified atom stereocenters. The van der Waals surface area contributed by atoms with E-state index in [4.69, 9.17) is 17.3 Å². The molecule has 18 heavy (non-hydrogen) atoms. The molecule has 3 N–H and O–H groups in total. The highest BCUT2D eigenvalue weighted by Gasteiger charge is 2.13. The van der Waals surface area contributed by atoms with Gasteiger partial charge in [-0.3, -0.25) is 4.79 Å². The van der Waals surface area contributed by atoms with Crippen molar-refractivity contribution in [1.82, 2.24) is 5.32 Å². The molecule has 1 atom stereocenters. The molecule has 4 heteroatoms. The number of nitrogens with one attached hydrogen (secondary N) is 1. The predicted octanol–water partition coefficient (Wildman–Crippen LogP) is 2.37. The summed E-state index contributed by atoms with van der Waals surface area (Å²) in [7, 11) is 0. The van der Waals surface area contributed by atoms with Crippen LogP contribution in [0, 0.1) is 5.92 Å². The summed E-state index contributed by atoms with van der Waals surface area (Å²) >= 11 is 6.02. The first kappa shape index (κ1) is 15.0. The van der Waals surface area contributed by atoms with Gasteiger partial charge in [-0.15, -0.1) is 0 Å². The SMILES string of the molecule is CC(C)CC(CN)NC(=O)Cc1ccccc1Cl. The number of amides is 1. The van der Waals surface area contributed by atoms with Crippen LogP contribution in [-0.4, -0.2) is 18.5 Å². The molecule has 1 aromatic rings. The summed E-state index contributed by atoms with van der Waals surface area (Å²) in [4.78, 5) is 11.9. The molecule has 0 aromatic heterocycles. The molecule has 1 aromatic carbocycles. The van der Waals surface area contributed by atoms with Gasteiger partial charge in [0.25, 0.3) is 0 Å². The lowest BCUT2D eigenvalue weighted by atomic mass is 10.0. The first-order valence-corrected chi connectivity index (χ1v) is 6.63. The molecule has 1 rings (SSSR count). The maximum atomic E-state index is 11.9. The summed E-state index contributed by atoms with van der Waals surface area (Å²) in [5.41, 5.74) is 6.50. The van der Waals surface area contributed by atoms with Crippen LogP contribution in [0.25, 0.3) is 0 Å². The Hall–Kier alpha value is -1.06. The Morgan fingerprint density at radius 2 is 2.06 bits per heavy atom. The smallest absolute Gasteiger partial charge is 0.224 e. The fraction of sp³-hybridized carbons (Fsp3) is 0.500. The number of hydrogen-bond acceptors (Lipinski definition) is 2. The lowest BCUT2D eigenvalue weighted by Gasteiger charge is -2.19. The van der Waals surface area contributed by atoms with Crippen molar-refractivity contribution < 1.29 is 4.79 Å². The lowest BCUT2D eigenvalue weighted by molar-refractivity contribution is -0.121. The van der Waals surface area contributed by atoms with Crippen molar-refractivity contribution in [2.75, 3.05) is 6.54 Å². The van der Waals surface area contributed by atoms with Crippen LogP contribution in [0.5, 0.6) is 0 Å². The van der Waals surface area contributed by atoms with Crippen molar-refractivity contribution >= 4 is 17.5 Å². The standard InChI is InChI=1S/C14H21ClN2O/c1-10(2)7-12(9-16)17-14(18)8-11-5-3-4-6-13(11)15/h3-6,10,12H,7-9,16H2,1-2H3,(H,17,18). The number of benzene rings is 1. The molecule has 0 saturated heterocycles. The van der Waals surface area contributed by atoms with Crippen LogP contribution in [0.4, 0.5) is 0 Å². The fourth-order valence-corrected chi connectivity index (χ4v) is 2.08. The van der Waals surface area contributed by atoms with Crippen LogP contribution in [0.15, 0.2) is 24.3 Å². The van der Waals surface area contributed by atoms with E-state index in [2.05, 4.69) is 19.2 Å². The highest BCUT2D eigenvalue weighted by atomic mass is 35.5. The van der Waals surface area contributed by atoms with Gasteiger partial charge in [-0.2, -0.15) is 0 Å². The number of carbonyl (C=O) groups is 1. The van der Waals surface area contributed by atoms with Crippen LogP contribution >= 0.6 is 11.6 Å². The highest BCUT2D eigenvalue weighted by molar-refractivity contribution is 6.31. The summed E-state index contributed by atoms with van der Waals surface area (Å²) in [6, 6.07) is 7.43. The molecule has 3 nitrogen and oxygen atoms in total. The number of halogens is 1. The second-order valence-corrected chi connectivity index (χ2v) is 5.31. The molecule has 0 spiro atoms. The molecule has 0 aliphatic heterocycles. The van der Waals surface area contributed by atoms with Crippen molar-refractivity contribution in [3.63, 3.8) is 0 Å². The second-order valence-electron chi connectivity index (χ2n) is 4.90. The topological polar surface area (TPSA) is 55.1 Å². The van der Waals surface area contributed by atoms with Crippen molar-refractivity contribution in [1.29, 1.82) is 0 Å². The number of hydrogen-bond donors (Lipinski definition) is 2. The van der Waals surface area contributed by atoms with Crippen LogP contribution in [-0.2, 0) is 11.2 Å². The first-order valence-electron chi connectivity index (χ1n) is 6.25. The molecule has 0 bridgehead atoms. The van der Waals surface area contributed by atoms with Crippen LogP contribution < -0.4 is 11.1 Å². The summed E-state index contributed by atoms with van der Waals surface area (Å²) < 4.78 is 0. The largest absolute Gasteiger partial charge is 0.352 e. The van der Waals surface area contributed by atoms with E-state index < -0.39 is 0 Å². The third kappa shape index (κ3) is 5.07.